The number of benzene rings is 2. The third-order valence-electron chi connectivity index (χ3n) is 4.59. The molecule has 0 bridgehead atoms. The number of aliphatic hydroxyl groups is 1. The summed E-state index contributed by atoms with van der Waals surface area (Å²) in [6.07, 6.45) is 1.66. The van der Waals surface area contributed by atoms with Crippen molar-refractivity contribution < 1.29 is 9.84 Å². The third kappa shape index (κ3) is 2.98. The summed E-state index contributed by atoms with van der Waals surface area (Å²) in [6.45, 7) is 0.725. The molecule has 2 aromatic carbocycles. The van der Waals surface area contributed by atoms with E-state index in [4.69, 9.17) is 4.74 Å². The molecule has 1 aliphatic heterocycles. The average Bonchev–Trinajstić information content (AvgIpc) is 2.97. The van der Waals surface area contributed by atoms with Crippen molar-refractivity contribution in [1.29, 1.82) is 0 Å². The fourth-order valence-electron chi connectivity index (χ4n) is 3.39. The lowest BCUT2D eigenvalue weighted by molar-refractivity contribution is 0.0143. The molecule has 1 saturated heterocycles. The first-order chi connectivity index (χ1) is 10.7. The lowest BCUT2D eigenvalue weighted by Gasteiger charge is -2.30. The molecule has 1 aliphatic rings. The molecule has 2 atom stereocenters. The monoisotopic (exact) mass is 360 g/mol. The fourth-order valence-corrected chi connectivity index (χ4v) is 4.07. The van der Waals surface area contributed by atoms with Gasteiger partial charge in [-0.2, -0.15) is 0 Å². The van der Waals surface area contributed by atoms with E-state index in [1.165, 1.54) is 11.1 Å². The highest BCUT2D eigenvalue weighted by molar-refractivity contribution is 9.09. The van der Waals surface area contributed by atoms with E-state index in [2.05, 4.69) is 40.2 Å². The van der Waals surface area contributed by atoms with Crippen LogP contribution in [-0.2, 0) is 16.8 Å². The van der Waals surface area contributed by atoms with Crippen molar-refractivity contribution in [1.82, 2.24) is 0 Å². The van der Waals surface area contributed by atoms with Gasteiger partial charge in [0.25, 0.3) is 0 Å². The van der Waals surface area contributed by atoms with Gasteiger partial charge in [-0.3, -0.25) is 0 Å². The zero-order valence-electron chi connectivity index (χ0n) is 12.5. The molecule has 0 aliphatic carbocycles. The molecule has 3 heteroatoms. The van der Waals surface area contributed by atoms with Crippen molar-refractivity contribution in [3.05, 3.63) is 71.8 Å². The first kappa shape index (κ1) is 15.7. The second-order valence-corrected chi connectivity index (χ2v) is 6.84. The normalized spacial score (nSPS) is 27.9. The minimum Gasteiger partial charge on any atom is -0.396 e. The predicted molar refractivity (Wildman–Crippen MR) is 92.1 cm³/mol. The summed E-state index contributed by atoms with van der Waals surface area (Å²) in [6, 6.07) is 20.7. The van der Waals surface area contributed by atoms with E-state index >= 15 is 0 Å². The maximum atomic E-state index is 10.1. The molecule has 1 heterocycles. The largest absolute Gasteiger partial charge is 0.396 e. The maximum absolute atomic E-state index is 10.1. The van der Waals surface area contributed by atoms with E-state index in [1.807, 2.05) is 36.4 Å². The molecular weight excluding hydrogens is 340 g/mol. The summed E-state index contributed by atoms with van der Waals surface area (Å²) in [5.74, 6) is 0. The summed E-state index contributed by atoms with van der Waals surface area (Å²) in [5.41, 5.74) is 1.86. The Morgan fingerprint density at radius 2 is 1.64 bits per heavy atom. The second kappa shape index (κ2) is 6.53. The quantitative estimate of drug-likeness (QED) is 0.818. The van der Waals surface area contributed by atoms with Crippen LogP contribution in [0.1, 0.15) is 17.5 Å². The van der Waals surface area contributed by atoms with E-state index < -0.39 is 0 Å². The lowest BCUT2D eigenvalue weighted by Crippen LogP contribution is -2.32. The predicted octanol–water partition coefficient (Wildman–Crippen LogP) is 3.92. The fraction of sp³-hybridized carbons (Fsp3) is 0.368. The van der Waals surface area contributed by atoms with Gasteiger partial charge in [0.1, 0.15) is 5.60 Å². The third-order valence-corrected chi connectivity index (χ3v) is 5.49. The molecule has 22 heavy (non-hydrogen) atoms. The molecule has 0 aromatic heterocycles. The van der Waals surface area contributed by atoms with E-state index in [1.54, 1.807) is 0 Å². The van der Waals surface area contributed by atoms with Gasteiger partial charge in [-0.25, -0.2) is 0 Å². The number of aliphatic hydroxyl groups excluding tert-OH is 1. The topological polar surface area (TPSA) is 29.5 Å². The molecule has 3 rings (SSSR count). The number of alkyl halides is 1. The van der Waals surface area contributed by atoms with Gasteiger partial charge in [-0.1, -0.05) is 76.6 Å². The van der Waals surface area contributed by atoms with Crippen molar-refractivity contribution in [3.8, 4) is 0 Å². The Hall–Kier alpha value is -1.16. The van der Waals surface area contributed by atoms with Crippen LogP contribution in [0.5, 0.6) is 0 Å². The number of rotatable bonds is 5. The van der Waals surface area contributed by atoms with Crippen molar-refractivity contribution in [2.24, 2.45) is 5.41 Å². The number of hydrogen-bond acceptors (Lipinski definition) is 2. The van der Waals surface area contributed by atoms with Crippen molar-refractivity contribution >= 4 is 15.9 Å². The van der Waals surface area contributed by atoms with Gasteiger partial charge in [0.05, 0.1) is 13.2 Å². The smallest absolute Gasteiger partial charge is 0.103 e. The average molecular weight is 361 g/mol. The minimum atomic E-state index is -0.348. The summed E-state index contributed by atoms with van der Waals surface area (Å²) in [4.78, 5) is 0. The molecule has 1 fully saturated rings. The van der Waals surface area contributed by atoms with Gasteiger partial charge in [0, 0.05) is 10.7 Å². The first-order valence-electron chi connectivity index (χ1n) is 7.62. The van der Waals surface area contributed by atoms with Gasteiger partial charge < -0.3 is 9.84 Å². The molecule has 0 amide bonds. The van der Waals surface area contributed by atoms with Crippen molar-refractivity contribution in [2.75, 3.05) is 18.5 Å². The van der Waals surface area contributed by atoms with Crippen LogP contribution < -0.4 is 0 Å². The molecular formula is C19H21BrO2. The summed E-state index contributed by atoms with van der Waals surface area (Å²) in [7, 11) is 0. The van der Waals surface area contributed by atoms with Gasteiger partial charge in [-0.15, -0.1) is 0 Å². The Balaban J connectivity index is 1.87. The first-order valence-corrected chi connectivity index (χ1v) is 8.74. The van der Waals surface area contributed by atoms with Crippen LogP contribution in [-0.4, -0.2) is 23.7 Å². The molecule has 1 N–H and O–H groups in total. The molecule has 0 saturated carbocycles. The van der Waals surface area contributed by atoms with E-state index in [0.29, 0.717) is 6.61 Å². The highest BCUT2D eigenvalue weighted by Gasteiger charge is 2.49. The second-order valence-electron chi connectivity index (χ2n) is 6.28. The Bertz CT molecular complexity index is 601. The van der Waals surface area contributed by atoms with Crippen LogP contribution in [0.2, 0.25) is 0 Å². The van der Waals surface area contributed by atoms with E-state index in [-0.39, 0.29) is 17.6 Å². The lowest BCUT2D eigenvalue weighted by atomic mass is 9.75. The zero-order chi connectivity index (χ0) is 15.5. The maximum Gasteiger partial charge on any atom is 0.103 e. The standard InChI is InChI=1S/C19H21BrO2/c20-13-19(17-9-5-2-6-10-17)12-18(14-21,15-22-19)11-16-7-3-1-4-8-16/h1-10,21H,11-15H2/t18-,19+/m1/s1. The Labute approximate surface area is 140 Å². The van der Waals surface area contributed by atoms with E-state index in [0.717, 1.165) is 18.2 Å². The van der Waals surface area contributed by atoms with Crippen LogP contribution in [0.4, 0.5) is 0 Å². The molecule has 2 nitrogen and oxygen atoms in total. The molecule has 0 radical (unpaired) electrons. The summed E-state index contributed by atoms with van der Waals surface area (Å²) >= 11 is 3.63. The Morgan fingerprint density at radius 3 is 2.23 bits per heavy atom. The van der Waals surface area contributed by atoms with Gasteiger partial charge in [-0.05, 0) is 24.0 Å². The summed E-state index contributed by atoms with van der Waals surface area (Å²) < 4.78 is 6.25. The Kier molecular flexibility index (Phi) is 4.67. The van der Waals surface area contributed by atoms with Gasteiger partial charge in [0.2, 0.25) is 0 Å². The highest BCUT2D eigenvalue weighted by Crippen LogP contribution is 2.48. The minimum absolute atomic E-state index is 0.142. The molecule has 0 unspecified atom stereocenters. The zero-order valence-corrected chi connectivity index (χ0v) is 14.1. The van der Waals surface area contributed by atoms with Crippen LogP contribution in [0.25, 0.3) is 0 Å². The molecule has 2 aromatic rings. The van der Waals surface area contributed by atoms with Crippen LogP contribution in [0, 0.1) is 5.41 Å². The molecule has 116 valence electrons. The SMILES string of the molecule is OC[C@]1(Cc2ccccc2)CO[C@@](CBr)(c2ccccc2)C1. The van der Waals surface area contributed by atoms with Gasteiger partial charge in [0.15, 0.2) is 0 Å². The number of hydrogen-bond donors (Lipinski definition) is 1. The Morgan fingerprint density at radius 1 is 1.00 bits per heavy atom. The summed E-state index contributed by atoms with van der Waals surface area (Å²) in [5, 5.41) is 10.8. The highest BCUT2D eigenvalue weighted by atomic mass is 79.9. The number of ether oxygens (including phenoxy) is 1. The van der Waals surface area contributed by atoms with Crippen molar-refractivity contribution in [3.63, 3.8) is 0 Å². The van der Waals surface area contributed by atoms with Crippen LogP contribution in [0.3, 0.4) is 0 Å². The number of halogens is 1. The van der Waals surface area contributed by atoms with Crippen molar-refractivity contribution in [2.45, 2.75) is 18.4 Å². The van der Waals surface area contributed by atoms with Crippen LogP contribution in [0.15, 0.2) is 60.7 Å². The van der Waals surface area contributed by atoms with Gasteiger partial charge >= 0.3 is 0 Å². The van der Waals surface area contributed by atoms with E-state index in [9.17, 15) is 5.11 Å². The van der Waals surface area contributed by atoms with Crippen LogP contribution >= 0.6 is 15.9 Å². The molecule has 0 spiro atoms.